The van der Waals surface area contributed by atoms with Crippen molar-refractivity contribution in [1.82, 2.24) is 14.8 Å². The van der Waals surface area contributed by atoms with E-state index in [1.165, 1.54) is 44.9 Å². The second-order valence-electron chi connectivity index (χ2n) is 6.38. The molecule has 1 aromatic heterocycles. The van der Waals surface area contributed by atoms with Crippen molar-refractivity contribution in [3.05, 3.63) is 4.77 Å². The van der Waals surface area contributed by atoms with Gasteiger partial charge in [-0.3, -0.25) is 4.57 Å². The van der Waals surface area contributed by atoms with Crippen molar-refractivity contribution in [2.24, 2.45) is 5.92 Å². The molecule has 1 aliphatic heterocycles. The Hall–Kier alpha value is -0.880. The van der Waals surface area contributed by atoms with E-state index in [1.54, 1.807) is 7.11 Å². The molecule has 1 aliphatic carbocycles. The zero-order chi connectivity index (χ0) is 14.7. The Labute approximate surface area is 131 Å². The Kier molecular flexibility index (Phi) is 4.95. The van der Waals surface area contributed by atoms with Gasteiger partial charge in [0.2, 0.25) is 5.95 Å². The van der Waals surface area contributed by atoms with Gasteiger partial charge in [0, 0.05) is 32.8 Å². The summed E-state index contributed by atoms with van der Waals surface area (Å²) in [5.74, 6) is 1.75. The van der Waals surface area contributed by atoms with Crippen LogP contribution in [0, 0.1) is 10.7 Å². The van der Waals surface area contributed by atoms with Crippen molar-refractivity contribution in [2.45, 2.75) is 51.0 Å². The molecule has 2 heterocycles. The third-order valence-corrected chi connectivity index (χ3v) is 5.21. The number of methoxy groups -OCH3 is 1. The molecule has 2 aliphatic rings. The second kappa shape index (κ2) is 6.92. The lowest BCUT2D eigenvalue weighted by molar-refractivity contribution is 0.138. The molecule has 0 aromatic carbocycles. The molecule has 21 heavy (non-hydrogen) atoms. The van der Waals surface area contributed by atoms with Gasteiger partial charge in [-0.05, 0) is 43.8 Å². The maximum absolute atomic E-state index is 5.49. The average Bonchev–Trinajstić information content (AvgIpc) is 2.91. The van der Waals surface area contributed by atoms with E-state index in [2.05, 4.69) is 19.7 Å². The van der Waals surface area contributed by atoms with Crippen LogP contribution in [0.1, 0.15) is 51.0 Å². The van der Waals surface area contributed by atoms with Crippen molar-refractivity contribution in [3.63, 3.8) is 0 Å². The van der Waals surface area contributed by atoms with Crippen LogP contribution in [-0.4, -0.2) is 41.6 Å². The smallest absolute Gasteiger partial charge is 0.225 e. The van der Waals surface area contributed by atoms with E-state index in [0.717, 1.165) is 30.4 Å². The van der Waals surface area contributed by atoms with Crippen LogP contribution < -0.4 is 4.90 Å². The number of hydrogen-bond donors (Lipinski definition) is 1. The van der Waals surface area contributed by atoms with Gasteiger partial charge in [0.05, 0.1) is 0 Å². The van der Waals surface area contributed by atoms with Crippen LogP contribution in [0.25, 0.3) is 0 Å². The molecule has 1 aromatic rings. The first-order valence-electron chi connectivity index (χ1n) is 8.20. The number of aromatic nitrogens is 3. The quantitative estimate of drug-likeness (QED) is 0.867. The Morgan fingerprint density at radius 2 is 1.90 bits per heavy atom. The van der Waals surface area contributed by atoms with E-state index in [4.69, 9.17) is 17.0 Å². The second-order valence-corrected chi connectivity index (χ2v) is 6.76. The molecule has 118 valence electrons. The Morgan fingerprint density at radius 3 is 2.57 bits per heavy atom. The zero-order valence-corrected chi connectivity index (χ0v) is 13.7. The third kappa shape index (κ3) is 3.31. The minimum atomic E-state index is 0.539. The fourth-order valence-corrected chi connectivity index (χ4v) is 4.00. The highest BCUT2D eigenvalue weighted by Gasteiger charge is 2.26. The summed E-state index contributed by atoms with van der Waals surface area (Å²) < 4.78 is 8.35. The predicted octanol–water partition coefficient (Wildman–Crippen LogP) is 3.31. The first-order valence-corrected chi connectivity index (χ1v) is 8.61. The van der Waals surface area contributed by atoms with Gasteiger partial charge in [-0.25, -0.2) is 5.10 Å². The summed E-state index contributed by atoms with van der Waals surface area (Å²) in [6, 6.07) is 0.539. The maximum Gasteiger partial charge on any atom is 0.225 e. The number of nitrogens with zero attached hydrogens (tertiary/aromatic N) is 3. The van der Waals surface area contributed by atoms with E-state index < -0.39 is 0 Å². The monoisotopic (exact) mass is 310 g/mol. The molecular formula is C15H26N4OS. The molecule has 1 N–H and O–H groups in total. The highest BCUT2D eigenvalue weighted by molar-refractivity contribution is 7.71. The minimum absolute atomic E-state index is 0.539. The maximum atomic E-state index is 5.49. The van der Waals surface area contributed by atoms with E-state index in [1.807, 2.05) is 0 Å². The van der Waals surface area contributed by atoms with E-state index in [0.29, 0.717) is 12.0 Å². The van der Waals surface area contributed by atoms with Gasteiger partial charge in [0.15, 0.2) is 4.77 Å². The number of rotatable bonds is 4. The molecule has 0 amide bonds. The summed E-state index contributed by atoms with van der Waals surface area (Å²) in [7, 11) is 1.79. The predicted molar refractivity (Wildman–Crippen MR) is 86.3 cm³/mol. The summed E-state index contributed by atoms with van der Waals surface area (Å²) in [5, 5.41) is 7.54. The highest BCUT2D eigenvalue weighted by atomic mass is 32.1. The molecule has 0 bridgehead atoms. The van der Waals surface area contributed by atoms with E-state index >= 15 is 0 Å². The van der Waals surface area contributed by atoms with Gasteiger partial charge in [0.25, 0.3) is 0 Å². The van der Waals surface area contributed by atoms with E-state index in [9.17, 15) is 0 Å². The number of H-pyrrole nitrogens is 1. The van der Waals surface area contributed by atoms with Crippen molar-refractivity contribution in [2.75, 3.05) is 31.7 Å². The van der Waals surface area contributed by atoms with Crippen molar-refractivity contribution in [1.29, 1.82) is 0 Å². The fourth-order valence-electron chi connectivity index (χ4n) is 3.72. The highest BCUT2D eigenvalue weighted by Crippen LogP contribution is 2.32. The van der Waals surface area contributed by atoms with Crippen molar-refractivity contribution < 1.29 is 4.74 Å². The van der Waals surface area contributed by atoms with Crippen LogP contribution in [0.2, 0.25) is 0 Å². The van der Waals surface area contributed by atoms with Crippen LogP contribution in [0.5, 0.6) is 0 Å². The molecule has 5 nitrogen and oxygen atoms in total. The average molecular weight is 310 g/mol. The third-order valence-electron chi connectivity index (χ3n) is 4.93. The van der Waals surface area contributed by atoms with Crippen LogP contribution in [0.15, 0.2) is 0 Å². The molecule has 0 spiro atoms. The molecular weight excluding hydrogens is 284 g/mol. The minimum Gasteiger partial charge on any atom is -0.384 e. The standard InChI is InChI=1S/C15H26N4OS/c1-20-11-12-7-9-18(10-8-12)14-16-17-15(21)19(14)13-5-3-2-4-6-13/h12-13H,2-11H2,1H3,(H,17,21). The van der Waals surface area contributed by atoms with Gasteiger partial charge in [-0.1, -0.05) is 19.3 Å². The lowest BCUT2D eigenvalue weighted by Gasteiger charge is -2.34. The van der Waals surface area contributed by atoms with Gasteiger partial charge >= 0.3 is 0 Å². The zero-order valence-electron chi connectivity index (χ0n) is 12.9. The molecule has 1 saturated carbocycles. The van der Waals surface area contributed by atoms with Crippen molar-refractivity contribution in [3.8, 4) is 0 Å². The molecule has 3 rings (SSSR count). The topological polar surface area (TPSA) is 46.1 Å². The normalized spacial score (nSPS) is 21.9. The Balaban J connectivity index is 1.73. The van der Waals surface area contributed by atoms with Crippen LogP contribution >= 0.6 is 12.2 Å². The fraction of sp³-hybridized carbons (Fsp3) is 0.867. The summed E-state index contributed by atoms with van der Waals surface area (Å²) in [5.41, 5.74) is 0. The molecule has 0 radical (unpaired) electrons. The lowest BCUT2D eigenvalue weighted by Crippen LogP contribution is -2.37. The number of piperidine rings is 1. The van der Waals surface area contributed by atoms with Gasteiger partial charge < -0.3 is 9.64 Å². The summed E-state index contributed by atoms with van der Waals surface area (Å²) >= 11 is 5.49. The van der Waals surface area contributed by atoms with Gasteiger partial charge in [0.1, 0.15) is 0 Å². The van der Waals surface area contributed by atoms with Crippen LogP contribution in [0.3, 0.4) is 0 Å². The first kappa shape index (κ1) is 15.0. The van der Waals surface area contributed by atoms with Gasteiger partial charge in [-0.15, -0.1) is 5.10 Å². The Bertz CT molecular complexity index is 498. The SMILES string of the molecule is COCC1CCN(c2n[nH]c(=S)n2C2CCCCC2)CC1. The lowest BCUT2D eigenvalue weighted by atomic mass is 9.95. The summed E-state index contributed by atoms with van der Waals surface area (Å²) in [6.07, 6.45) is 8.82. The molecule has 6 heteroatoms. The van der Waals surface area contributed by atoms with Crippen molar-refractivity contribution >= 4 is 18.2 Å². The summed E-state index contributed by atoms with van der Waals surface area (Å²) in [4.78, 5) is 2.40. The molecule has 0 unspecified atom stereocenters. The number of anilines is 1. The Morgan fingerprint density at radius 1 is 1.19 bits per heavy atom. The van der Waals surface area contributed by atoms with Crippen LogP contribution in [0.4, 0.5) is 5.95 Å². The van der Waals surface area contributed by atoms with Gasteiger partial charge in [-0.2, -0.15) is 0 Å². The molecule has 2 fully saturated rings. The number of aromatic amines is 1. The number of ether oxygens (including phenoxy) is 1. The number of hydrogen-bond acceptors (Lipinski definition) is 4. The first-order chi connectivity index (χ1) is 10.3. The summed E-state index contributed by atoms with van der Waals surface area (Å²) in [6.45, 7) is 2.99. The molecule has 0 atom stereocenters. The van der Waals surface area contributed by atoms with Crippen LogP contribution in [-0.2, 0) is 4.74 Å². The largest absolute Gasteiger partial charge is 0.384 e. The number of nitrogens with one attached hydrogen (secondary N) is 1. The molecule has 1 saturated heterocycles. The van der Waals surface area contributed by atoms with E-state index in [-0.39, 0.29) is 0 Å².